The summed E-state index contributed by atoms with van der Waals surface area (Å²) in [5.41, 5.74) is 1.00. The first-order chi connectivity index (χ1) is 15.1. The number of aliphatic hydroxyl groups excluding tert-OH is 1. The van der Waals surface area contributed by atoms with Gasteiger partial charge in [-0.3, -0.25) is 0 Å². The van der Waals surface area contributed by atoms with Gasteiger partial charge in [-0.2, -0.15) is 0 Å². The smallest absolute Gasteiger partial charge is 0.223 e. The van der Waals surface area contributed by atoms with E-state index in [-0.39, 0.29) is 29.1 Å². The summed E-state index contributed by atoms with van der Waals surface area (Å²) in [5.74, 6) is 5.59. The van der Waals surface area contributed by atoms with Gasteiger partial charge in [0.2, 0.25) is 5.95 Å². The van der Waals surface area contributed by atoms with Crippen LogP contribution in [0.15, 0.2) is 29.4 Å². The minimum Gasteiger partial charge on any atom is -0.393 e. The van der Waals surface area contributed by atoms with Crippen LogP contribution in [0.4, 0.5) is 26.1 Å². The van der Waals surface area contributed by atoms with Gasteiger partial charge in [0, 0.05) is 17.5 Å². The predicted octanol–water partition coefficient (Wildman–Crippen LogP) is 4.97. The number of hydrogen-bond donors (Lipinski definition) is 3. The molecule has 0 radical (unpaired) electrons. The second kappa shape index (κ2) is 10.0. The van der Waals surface area contributed by atoms with Gasteiger partial charge in [-0.05, 0) is 71.4 Å². The summed E-state index contributed by atoms with van der Waals surface area (Å²) >= 11 is 0. The SMILES string of the molecule is Cc1nc(NC(C)(C)C)ncc1/N=C(\C#C[C@H]1CC[C@@H](O)CC1)Nc1ccc(F)cc1F. The molecule has 8 heteroatoms. The Morgan fingerprint density at radius 1 is 1.19 bits per heavy atom. The van der Waals surface area contributed by atoms with Crippen molar-refractivity contribution in [2.45, 2.75) is 65.0 Å². The molecule has 32 heavy (non-hydrogen) atoms. The average molecular weight is 442 g/mol. The van der Waals surface area contributed by atoms with Gasteiger partial charge in [0.05, 0.1) is 23.7 Å². The van der Waals surface area contributed by atoms with Crippen LogP contribution >= 0.6 is 0 Å². The number of benzene rings is 1. The molecule has 0 spiro atoms. The van der Waals surface area contributed by atoms with Crippen LogP contribution in [0.25, 0.3) is 0 Å². The summed E-state index contributed by atoms with van der Waals surface area (Å²) in [6.45, 7) is 7.84. The fourth-order valence-electron chi connectivity index (χ4n) is 3.28. The third-order valence-corrected chi connectivity index (χ3v) is 4.95. The van der Waals surface area contributed by atoms with Gasteiger partial charge in [0.1, 0.15) is 17.3 Å². The maximum Gasteiger partial charge on any atom is 0.223 e. The highest BCUT2D eigenvalue weighted by Gasteiger charge is 2.18. The summed E-state index contributed by atoms with van der Waals surface area (Å²) in [7, 11) is 0. The van der Waals surface area contributed by atoms with Crippen molar-refractivity contribution < 1.29 is 13.9 Å². The van der Waals surface area contributed by atoms with E-state index in [0.717, 1.165) is 18.9 Å². The molecule has 3 N–H and O–H groups in total. The van der Waals surface area contributed by atoms with Gasteiger partial charge >= 0.3 is 0 Å². The molecular formula is C24H29F2N5O. The largest absolute Gasteiger partial charge is 0.393 e. The zero-order valence-electron chi connectivity index (χ0n) is 18.8. The number of aliphatic imine (C=N–C) groups is 1. The molecule has 0 aliphatic heterocycles. The number of aryl methyl sites for hydroxylation is 1. The second-order valence-electron chi connectivity index (χ2n) is 9.02. The number of anilines is 2. The molecule has 0 unspecified atom stereocenters. The quantitative estimate of drug-likeness (QED) is 0.356. The maximum atomic E-state index is 14.2. The first-order valence-corrected chi connectivity index (χ1v) is 10.7. The Kier molecular flexibility index (Phi) is 7.41. The monoisotopic (exact) mass is 441 g/mol. The van der Waals surface area contributed by atoms with E-state index >= 15 is 0 Å². The Morgan fingerprint density at radius 2 is 1.91 bits per heavy atom. The number of halogens is 2. The average Bonchev–Trinajstić information content (AvgIpc) is 2.70. The van der Waals surface area contributed by atoms with Gasteiger partial charge in [-0.15, -0.1) is 0 Å². The van der Waals surface area contributed by atoms with Crippen molar-refractivity contribution in [1.29, 1.82) is 0 Å². The zero-order chi connectivity index (χ0) is 23.3. The van der Waals surface area contributed by atoms with Gasteiger partial charge in [-0.1, -0.05) is 5.92 Å². The van der Waals surface area contributed by atoms with E-state index in [9.17, 15) is 13.9 Å². The number of aromatic nitrogens is 2. The minimum absolute atomic E-state index is 0.0723. The molecule has 0 amide bonds. The van der Waals surface area contributed by atoms with Crippen molar-refractivity contribution in [3.05, 3.63) is 41.7 Å². The van der Waals surface area contributed by atoms with Crippen LogP contribution in [0.1, 0.15) is 52.1 Å². The summed E-state index contributed by atoms with van der Waals surface area (Å²) in [6, 6.07) is 3.27. The highest BCUT2D eigenvalue weighted by atomic mass is 19.1. The number of rotatable bonds is 3. The fraction of sp³-hybridized carbons (Fsp3) is 0.458. The van der Waals surface area contributed by atoms with Crippen LogP contribution in [0.2, 0.25) is 0 Å². The fourth-order valence-corrected chi connectivity index (χ4v) is 3.28. The Morgan fingerprint density at radius 3 is 2.53 bits per heavy atom. The van der Waals surface area contributed by atoms with Crippen LogP contribution < -0.4 is 10.6 Å². The van der Waals surface area contributed by atoms with E-state index in [1.165, 1.54) is 12.1 Å². The van der Waals surface area contributed by atoms with E-state index in [0.29, 0.717) is 30.2 Å². The van der Waals surface area contributed by atoms with Gasteiger partial charge < -0.3 is 15.7 Å². The Labute approximate surface area is 187 Å². The Bertz CT molecular complexity index is 1040. The summed E-state index contributed by atoms with van der Waals surface area (Å²) in [6.07, 6.45) is 4.32. The first-order valence-electron chi connectivity index (χ1n) is 10.7. The summed E-state index contributed by atoms with van der Waals surface area (Å²) in [5, 5.41) is 15.8. The van der Waals surface area contributed by atoms with Crippen LogP contribution in [0.5, 0.6) is 0 Å². The van der Waals surface area contributed by atoms with Gasteiger partial charge in [0.15, 0.2) is 5.84 Å². The number of nitrogens with one attached hydrogen (secondary N) is 2. The van der Waals surface area contributed by atoms with E-state index in [1.807, 2.05) is 20.8 Å². The maximum absolute atomic E-state index is 14.2. The van der Waals surface area contributed by atoms with Crippen molar-refractivity contribution in [3.8, 4) is 11.8 Å². The molecule has 1 aromatic carbocycles. The Hall–Kier alpha value is -3.05. The van der Waals surface area contributed by atoms with Gasteiger partial charge in [0.25, 0.3) is 0 Å². The molecule has 1 fully saturated rings. The van der Waals surface area contributed by atoms with Crippen molar-refractivity contribution in [2.24, 2.45) is 10.9 Å². The van der Waals surface area contributed by atoms with E-state index in [2.05, 4.69) is 37.4 Å². The topological polar surface area (TPSA) is 82.4 Å². The molecule has 2 aromatic rings. The Balaban J connectivity index is 1.90. The van der Waals surface area contributed by atoms with E-state index in [4.69, 9.17) is 0 Å². The second-order valence-corrected chi connectivity index (χ2v) is 9.02. The van der Waals surface area contributed by atoms with Crippen LogP contribution in [-0.2, 0) is 0 Å². The molecule has 170 valence electrons. The normalized spacial score (nSPS) is 19.2. The molecular weight excluding hydrogens is 412 g/mol. The molecule has 0 bridgehead atoms. The number of hydrogen-bond acceptors (Lipinski definition) is 5. The van der Waals surface area contributed by atoms with Crippen molar-refractivity contribution in [3.63, 3.8) is 0 Å². The number of aliphatic hydroxyl groups is 1. The lowest BCUT2D eigenvalue weighted by molar-refractivity contribution is 0.119. The molecule has 1 aliphatic rings. The minimum atomic E-state index is -0.738. The number of amidine groups is 1. The van der Waals surface area contributed by atoms with Crippen molar-refractivity contribution in [1.82, 2.24) is 9.97 Å². The number of nitrogens with zero attached hydrogens (tertiary/aromatic N) is 3. The van der Waals surface area contributed by atoms with Crippen LogP contribution in [0, 0.1) is 36.3 Å². The van der Waals surface area contributed by atoms with E-state index in [1.54, 1.807) is 13.1 Å². The molecule has 1 saturated carbocycles. The lowest BCUT2D eigenvalue weighted by Gasteiger charge is -2.21. The lowest BCUT2D eigenvalue weighted by atomic mass is 9.88. The third kappa shape index (κ3) is 6.99. The molecule has 0 saturated heterocycles. The zero-order valence-corrected chi connectivity index (χ0v) is 18.8. The predicted molar refractivity (Wildman–Crippen MR) is 123 cm³/mol. The molecule has 6 nitrogen and oxygen atoms in total. The van der Waals surface area contributed by atoms with Gasteiger partial charge in [-0.25, -0.2) is 23.7 Å². The third-order valence-electron chi connectivity index (χ3n) is 4.95. The molecule has 1 heterocycles. The first kappa shape index (κ1) is 23.6. The van der Waals surface area contributed by atoms with Crippen molar-refractivity contribution >= 4 is 23.2 Å². The molecule has 1 aliphatic carbocycles. The summed E-state index contributed by atoms with van der Waals surface area (Å²) in [4.78, 5) is 13.3. The standard InChI is InChI=1S/C24H29F2N5O/c1-15-21(14-27-23(28-15)31-24(2,3)4)30-22(12-7-16-5-9-18(32)10-6-16)29-20-11-8-17(25)13-19(20)26/h8,11,13-14,16,18,32H,5-6,9-10H2,1-4H3,(H,29,30)(H,27,28,31)/t16-,18+. The highest BCUT2D eigenvalue weighted by molar-refractivity contribution is 6.09. The van der Waals surface area contributed by atoms with E-state index < -0.39 is 11.6 Å². The lowest BCUT2D eigenvalue weighted by Crippen LogP contribution is -2.27. The van der Waals surface area contributed by atoms with Crippen LogP contribution in [0.3, 0.4) is 0 Å². The van der Waals surface area contributed by atoms with Crippen molar-refractivity contribution in [2.75, 3.05) is 10.6 Å². The highest BCUT2D eigenvalue weighted by Crippen LogP contribution is 2.24. The molecule has 1 aromatic heterocycles. The summed E-state index contributed by atoms with van der Waals surface area (Å²) < 4.78 is 27.5. The molecule has 0 atom stereocenters. The molecule has 3 rings (SSSR count). The van der Waals surface area contributed by atoms with Crippen LogP contribution in [-0.4, -0.2) is 32.6 Å².